The zero-order chi connectivity index (χ0) is 14.2. The molecule has 20 heavy (non-hydrogen) atoms. The van der Waals surface area contributed by atoms with E-state index >= 15 is 0 Å². The molecule has 0 aromatic heterocycles. The zero-order valence-corrected chi connectivity index (χ0v) is 11.4. The standard InChI is InChI=1S/C15H20N2O3/c16-11-13-6-4-12(5-7-13)8-9-14(18)17-20-15-3-1-2-10-19-15/h4-9,15H,1-3,10-11,16H2,(H,17,18). The molecule has 1 atom stereocenters. The van der Waals surface area contributed by atoms with Crippen LogP contribution in [0, 0.1) is 0 Å². The molecule has 5 heteroatoms. The molecule has 1 amide bonds. The molecule has 108 valence electrons. The fraction of sp³-hybridized carbons (Fsp3) is 0.400. The van der Waals surface area contributed by atoms with Crippen molar-refractivity contribution < 1.29 is 14.4 Å². The molecule has 5 nitrogen and oxygen atoms in total. The van der Waals surface area contributed by atoms with E-state index < -0.39 is 0 Å². The molecule has 1 saturated heterocycles. The Balaban J connectivity index is 1.76. The Kier molecular flexibility index (Phi) is 5.73. The van der Waals surface area contributed by atoms with E-state index in [0.29, 0.717) is 13.2 Å². The van der Waals surface area contributed by atoms with Crippen LogP contribution in [0.25, 0.3) is 6.08 Å². The van der Waals surface area contributed by atoms with Gasteiger partial charge in [0, 0.05) is 25.6 Å². The van der Waals surface area contributed by atoms with E-state index in [1.54, 1.807) is 6.08 Å². The van der Waals surface area contributed by atoms with Crippen LogP contribution in [0.1, 0.15) is 30.4 Å². The first-order valence-corrected chi connectivity index (χ1v) is 6.82. The van der Waals surface area contributed by atoms with Gasteiger partial charge < -0.3 is 10.5 Å². The fourth-order valence-corrected chi connectivity index (χ4v) is 1.90. The number of ether oxygens (including phenoxy) is 1. The molecular weight excluding hydrogens is 256 g/mol. The molecule has 0 radical (unpaired) electrons. The Morgan fingerprint density at radius 2 is 2.20 bits per heavy atom. The van der Waals surface area contributed by atoms with E-state index in [0.717, 1.165) is 30.4 Å². The lowest BCUT2D eigenvalue weighted by Crippen LogP contribution is -2.32. The molecule has 1 unspecified atom stereocenters. The fourth-order valence-electron chi connectivity index (χ4n) is 1.90. The summed E-state index contributed by atoms with van der Waals surface area (Å²) in [7, 11) is 0. The topological polar surface area (TPSA) is 73.6 Å². The SMILES string of the molecule is NCc1ccc(C=CC(=O)NOC2CCCCO2)cc1. The minimum absolute atomic E-state index is 0.304. The first-order valence-electron chi connectivity index (χ1n) is 6.82. The molecule has 1 aromatic rings. The summed E-state index contributed by atoms with van der Waals surface area (Å²) in [6, 6.07) is 7.70. The number of carbonyl (C=O) groups excluding carboxylic acids is 1. The zero-order valence-electron chi connectivity index (χ0n) is 11.4. The van der Waals surface area contributed by atoms with Gasteiger partial charge in [-0.05, 0) is 30.0 Å². The highest BCUT2D eigenvalue weighted by atomic mass is 16.8. The van der Waals surface area contributed by atoms with Gasteiger partial charge in [0.1, 0.15) is 0 Å². The van der Waals surface area contributed by atoms with Gasteiger partial charge in [0.15, 0.2) is 6.29 Å². The molecule has 1 aliphatic rings. The van der Waals surface area contributed by atoms with Crippen molar-refractivity contribution in [1.29, 1.82) is 0 Å². The number of nitrogens with two attached hydrogens (primary N) is 1. The first-order chi connectivity index (χ1) is 9.78. The second-order valence-electron chi connectivity index (χ2n) is 4.66. The molecule has 1 heterocycles. The van der Waals surface area contributed by atoms with Crippen LogP contribution < -0.4 is 11.2 Å². The van der Waals surface area contributed by atoms with Crippen molar-refractivity contribution in [3.8, 4) is 0 Å². The maximum absolute atomic E-state index is 11.6. The first kappa shape index (κ1) is 14.7. The van der Waals surface area contributed by atoms with Crippen LogP contribution in [-0.2, 0) is 20.9 Å². The number of hydroxylamine groups is 1. The van der Waals surface area contributed by atoms with Gasteiger partial charge in [0.05, 0.1) is 0 Å². The molecular formula is C15H20N2O3. The van der Waals surface area contributed by atoms with E-state index in [9.17, 15) is 4.79 Å². The monoisotopic (exact) mass is 276 g/mol. The van der Waals surface area contributed by atoms with E-state index in [-0.39, 0.29) is 12.2 Å². The summed E-state index contributed by atoms with van der Waals surface area (Å²) < 4.78 is 5.34. The van der Waals surface area contributed by atoms with Crippen molar-refractivity contribution in [3.05, 3.63) is 41.5 Å². The average molecular weight is 276 g/mol. The van der Waals surface area contributed by atoms with Crippen molar-refractivity contribution in [3.63, 3.8) is 0 Å². The predicted octanol–water partition coefficient (Wildman–Crippen LogP) is 1.73. The molecule has 1 fully saturated rings. The van der Waals surface area contributed by atoms with Crippen molar-refractivity contribution in [2.45, 2.75) is 32.1 Å². The van der Waals surface area contributed by atoms with Crippen LogP contribution in [0.4, 0.5) is 0 Å². The lowest BCUT2D eigenvalue weighted by molar-refractivity contribution is -0.198. The van der Waals surface area contributed by atoms with Crippen LogP contribution in [0.5, 0.6) is 0 Å². The third-order valence-corrected chi connectivity index (χ3v) is 3.07. The predicted molar refractivity (Wildman–Crippen MR) is 76.2 cm³/mol. The number of benzene rings is 1. The van der Waals surface area contributed by atoms with Crippen LogP contribution in [0.15, 0.2) is 30.3 Å². The number of carbonyl (C=O) groups is 1. The third-order valence-electron chi connectivity index (χ3n) is 3.07. The Morgan fingerprint density at radius 1 is 1.40 bits per heavy atom. The summed E-state index contributed by atoms with van der Waals surface area (Å²) >= 11 is 0. The molecule has 0 bridgehead atoms. The summed E-state index contributed by atoms with van der Waals surface area (Å²) in [5, 5.41) is 0. The number of hydrogen-bond donors (Lipinski definition) is 2. The van der Waals surface area contributed by atoms with Crippen LogP contribution >= 0.6 is 0 Å². The summed E-state index contributed by atoms with van der Waals surface area (Å²) in [5.74, 6) is -0.304. The van der Waals surface area contributed by atoms with Crippen LogP contribution in [0.3, 0.4) is 0 Å². The van der Waals surface area contributed by atoms with Gasteiger partial charge in [-0.15, -0.1) is 0 Å². The number of amides is 1. The summed E-state index contributed by atoms with van der Waals surface area (Å²) in [6.45, 7) is 1.20. The van der Waals surface area contributed by atoms with Crippen molar-refractivity contribution in [1.82, 2.24) is 5.48 Å². The van der Waals surface area contributed by atoms with Gasteiger partial charge in [-0.1, -0.05) is 24.3 Å². The summed E-state index contributed by atoms with van der Waals surface area (Å²) in [5.41, 5.74) is 9.89. The molecule has 1 aliphatic heterocycles. The van der Waals surface area contributed by atoms with E-state index in [4.69, 9.17) is 15.3 Å². The van der Waals surface area contributed by atoms with Gasteiger partial charge in [-0.25, -0.2) is 10.3 Å². The highest BCUT2D eigenvalue weighted by molar-refractivity contribution is 5.90. The smallest absolute Gasteiger partial charge is 0.267 e. The highest BCUT2D eigenvalue weighted by Gasteiger charge is 2.14. The van der Waals surface area contributed by atoms with Crippen molar-refractivity contribution in [2.75, 3.05) is 6.61 Å². The van der Waals surface area contributed by atoms with E-state index in [1.807, 2.05) is 24.3 Å². The van der Waals surface area contributed by atoms with Gasteiger partial charge >= 0.3 is 0 Å². The quantitative estimate of drug-likeness (QED) is 0.634. The minimum Gasteiger partial charge on any atom is -0.350 e. The van der Waals surface area contributed by atoms with Crippen molar-refractivity contribution in [2.24, 2.45) is 5.73 Å². The van der Waals surface area contributed by atoms with E-state index in [2.05, 4.69) is 5.48 Å². The molecule has 1 aromatic carbocycles. The molecule has 2 rings (SSSR count). The Labute approximate surface area is 118 Å². The second-order valence-corrected chi connectivity index (χ2v) is 4.66. The lowest BCUT2D eigenvalue weighted by Gasteiger charge is -2.21. The Morgan fingerprint density at radius 3 is 2.85 bits per heavy atom. The summed E-state index contributed by atoms with van der Waals surface area (Å²) in [6.07, 6.45) is 5.74. The molecule has 0 spiro atoms. The maximum atomic E-state index is 11.6. The van der Waals surface area contributed by atoms with Gasteiger partial charge in [0.25, 0.3) is 5.91 Å². The highest BCUT2D eigenvalue weighted by Crippen LogP contribution is 2.12. The minimum atomic E-state index is -0.329. The number of hydrogen-bond acceptors (Lipinski definition) is 4. The Hall–Kier alpha value is -1.69. The molecule has 0 aliphatic carbocycles. The summed E-state index contributed by atoms with van der Waals surface area (Å²) in [4.78, 5) is 16.8. The van der Waals surface area contributed by atoms with Gasteiger partial charge in [-0.2, -0.15) is 0 Å². The lowest BCUT2D eigenvalue weighted by atomic mass is 10.1. The normalized spacial score (nSPS) is 19.1. The average Bonchev–Trinajstić information content (AvgIpc) is 2.52. The third kappa shape index (κ3) is 4.77. The van der Waals surface area contributed by atoms with Crippen LogP contribution in [-0.4, -0.2) is 18.8 Å². The second kappa shape index (κ2) is 7.79. The Bertz CT molecular complexity index is 451. The van der Waals surface area contributed by atoms with Gasteiger partial charge in [0.2, 0.25) is 0 Å². The largest absolute Gasteiger partial charge is 0.350 e. The maximum Gasteiger partial charge on any atom is 0.267 e. The van der Waals surface area contributed by atoms with Gasteiger partial charge in [-0.3, -0.25) is 4.79 Å². The van der Waals surface area contributed by atoms with Crippen molar-refractivity contribution >= 4 is 12.0 Å². The van der Waals surface area contributed by atoms with Crippen LogP contribution in [0.2, 0.25) is 0 Å². The molecule has 0 saturated carbocycles. The molecule has 3 N–H and O–H groups in total. The number of nitrogens with one attached hydrogen (secondary N) is 1. The number of rotatable bonds is 5. The van der Waals surface area contributed by atoms with E-state index in [1.165, 1.54) is 6.08 Å².